The van der Waals surface area contributed by atoms with Crippen molar-refractivity contribution in [3.63, 3.8) is 0 Å². The van der Waals surface area contributed by atoms with Crippen molar-refractivity contribution in [3.05, 3.63) is 0 Å². The van der Waals surface area contributed by atoms with Crippen LogP contribution in [0.2, 0.25) is 0 Å². The number of hydrogen-bond donors (Lipinski definition) is 2. The number of hydrogen-bond acceptors (Lipinski definition) is 2. The van der Waals surface area contributed by atoms with Crippen LogP contribution in [0, 0.1) is 10.8 Å². The molecule has 2 N–H and O–H groups in total. The highest BCUT2D eigenvalue weighted by Gasteiger charge is 2.51. The molecule has 2 aliphatic carbocycles. The van der Waals surface area contributed by atoms with Crippen LogP contribution in [0.15, 0.2) is 0 Å². The Hall–Kier alpha value is -0.570. The first kappa shape index (κ1) is 12.9. The molecule has 0 heterocycles. The van der Waals surface area contributed by atoms with E-state index in [0.29, 0.717) is 0 Å². The van der Waals surface area contributed by atoms with Crippen molar-refractivity contribution >= 4 is 5.91 Å². The smallest absolute Gasteiger partial charge is 0.225 e. The van der Waals surface area contributed by atoms with Crippen molar-refractivity contribution in [3.8, 4) is 0 Å². The molecule has 0 bridgehead atoms. The van der Waals surface area contributed by atoms with Gasteiger partial charge in [0.2, 0.25) is 5.91 Å². The van der Waals surface area contributed by atoms with E-state index in [-0.39, 0.29) is 28.9 Å². The Morgan fingerprint density at radius 2 is 1.82 bits per heavy atom. The zero-order valence-corrected chi connectivity index (χ0v) is 11.3. The van der Waals surface area contributed by atoms with Crippen LogP contribution in [0.3, 0.4) is 0 Å². The third kappa shape index (κ3) is 2.22. The van der Waals surface area contributed by atoms with Gasteiger partial charge in [-0.1, -0.05) is 33.6 Å². The minimum Gasteiger partial charge on any atom is -0.392 e. The maximum Gasteiger partial charge on any atom is 0.225 e. The summed E-state index contributed by atoms with van der Waals surface area (Å²) in [6.07, 6.45) is 6.10. The lowest BCUT2D eigenvalue weighted by molar-refractivity contribution is -0.130. The summed E-state index contributed by atoms with van der Waals surface area (Å²) in [6, 6.07) is 0.187. The summed E-state index contributed by atoms with van der Waals surface area (Å²) >= 11 is 0. The van der Waals surface area contributed by atoms with Gasteiger partial charge in [-0.05, 0) is 25.7 Å². The Morgan fingerprint density at radius 3 is 2.35 bits per heavy atom. The number of amides is 1. The van der Waals surface area contributed by atoms with E-state index in [4.69, 9.17) is 0 Å². The third-order valence-electron chi connectivity index (χ3n) is 4.60. The van der Waals surface area contributed by atoms with Crippen LogP contribution >= 0.6 is 0 Å². The van der Waals surface area contributed by atoms with Crippen molar-refractivity contribution in [1.82, 2.24) is 5.32 Å². The summed E-state index contributed by atoms with van der Waals surface area (Å²) in [5, 5.41) is 13.4. The molecule has 1 amide bonds. The van der Waals surface area contributed by atoms with E-state index in [0.717, 1.165) is 38.5 Å². The van der Waals surface area contributed by atoms with E-state index in [1.165, 1.54) is 0 Å². The van der Waals surface area contributed by atoms with Gasteiger partial charge in [0.15, 0.2) is 0 Å². The molecule has 3 heteroatoms. The van der Waals surface area contributed by atoms with Crippen LogP contribution in [0.1, 0.15) is 59.3 Å². The van der Waals surface area contributed by atoms with Crippen LogP contribution in [0.5, 0.6) is 0 Å². The second kappa shape index (κ2) is 4.27. The van der Waals surface area contributed by atoms with Gasteiger partial charge >= 0.3 is 0 Å². The molecule has 17 heavy (non-hydrogen) atoms. The molecule has 0 aromatic rings. The molecule has 2 rings (SSSR count). The first-order valence-electron chi connectivity index (χ1n) is 6.85. The molecular formula is C14H25NO2. The Kier molecular flexibility index (Phi) is 3.23. The monoisotopic (exact) mass is 239 g/mol. The highest BCUT2D eigenvalue weighted by molar-refractivity contribution is 5.81. The summed E-state index contributed by atoms with van der Waals surface area (Å²) in [6.45, 7) is 5.82. The van der Waals surface area contributed by atoms with Gasteiger partial charge in [-0.25, -0.2) is 0 Å². The first-order valence-corrected chi connectivity index (χ1v) is 6.85. The van der Waals surface area contributed by atoms with Crippen LogP contribution in [-0.2, 0) is 4.79 Å². The Labute approximate surface area is 104 Å². The lowest BCUT2D eigenvalue weighted by atomic mass is 9.78. The number of carbonyl (C=O) groups excluding carboxylic acids is 1. The predicted molar refractivity (Wildman–Crippen MR) is 67.5 cm³/mol. The van der Waals surface area contributed by atoms with Crippen LogP contribution in [-0.4, -0.2) is 23.2 Å². The van der Waals surface area contributed by atoms with Gasteiger partial charge in [-0.15, -0.1) is 0 Å². The lowest BCUT2D eigenvalue weighted by Gasteiger charge is -2.36. The standard InChI is InChI=1S/C14H25NO2/c1-13(2,3)12(17)15-10-6-4-8-14(10)9-5-7-11(14)16/h10-11,16H,4-9H2,1-3H3,(H,15,17)/t10-,11-,14-/m1/s1. The van der Waals surface area contributed by atoms with Crippen molar-refractivity contribution in [2.75, 3.05) is 0 Å². The van der Waals surface area contributed by atoms with Crippen molar-refractivity contribution in [2.24, 2.45) is 10.8 Å². The molecular weight excluding hydrogens is 214 g/mol. The molecule has 1 spiro atoms. The molecule has 0 aliphatic heterocycles. The molecule has 3 atom stereocenters. The van der Waals surface area contributed by atoms with E-state index in [1.807, 2.05) is 20.8 Å². The predicted octanol–water partition coefficient (Wildman–Crippen LogP) is 2.23. The van der Waals surface area contributed by atoms with Crippen molar-refractivity contribution < 1.29 is 9.90 Å². The summed E-state index contributed by atoms with van der Waals surface area (Å²) < 4.78 is 0. The van der Waals surface area contributed by atoms with Gasteiger partial charge in [0.1, 0.15) is 0 Å². The zero-order chi connectivity index (χ0) is 12.7. The second-order valence-electron chi connectivity index (χ2n) is 6.81. The van der Waals surface area contributed by atoms with Crippen LogP contribution in [0.4, 0.5) is 0 Å². The number of aliphatic hydroxyl groups is 1. The zero-order valence-electron chi connectivity index (χ0n) is 11.3. The summed E-state index contributed by atoms with van der Waals surface area (Å²) in [5.74, 6) is 0.114. The number of carbonyl (C=O) groups is 1. The molecule has 2 saturated carbocycles. The minimum absolute atomic E-state index is 0.0130. The lowest BCUT2D eigenvalue weighted by Crippen LogP contribution is -2.50. The van der Waals surface area contributed by atoms with E-state index in [2.05, 4.69) is 5.32 Å². The highest BCUT2D eigenvalue weighted by atomic mass is 16.3. The molecule has 98 valence electrons. The number of rotatable bonds is 1. The fourth-order valence-corrected chi connectivity index (χ4v) is 3.46. The highest BCUT2D eigenvalue weighted by Crippen LogP contribution is 2.50. The van der Waals surface area contributed by atoms with Gasteiger partial charge in [-0.2, -0.15) is 0 Å². The average molecular weight is 239 g/mol. The van der Waals surface area contributed by atoms with Gasteiger partial charge in [-0.3, -0.25) is 4.79 Å². The minimum atomic E-state index is -0.340. The number of nitrogens with one attached hydrogen (secondary N) is 1. The fraction of sp³-hybridized carbons (Fsp3) is 0.929. The normalized spacial score (nSPS) is 37.6. The van der Waals surface area contributed by atoms with E-state index in [9.17, 15) is 9.90 Å². The second-order valence-corrected chi connectivity index (χ2v) is 6.81. The Bertz CT molecular complexity index is 304. The van der Waals surface area contributed by atoms with Gasteiger partial charge in [0.25, 0.3) is 0 Å². The van der Waals surface area contributed by atoms with Crippen molar-refractivity contribution in [2.45, 2.75) is 71.4 Å². The summed E-state index contributed by atoms with van der Waals surface area (Å²) in [4.78, 5) is 12.1. The maximum atomic E-state index is 12.1. The quantitative estimate of drug-likeness (QED) is 0.737. The van der Waals surface area contributed by atoms with Gasteiger partial charge in [0, 0.05) is 16.9 Å². The van der Waals surface area contributed by atoms with E-state index >= 15 is 0 Å². The molecule has 2 fully saturated rings. The molecule has 3 nitrogen and oxygen atoms in total. The Balaban J connectivity index is 2.08. The fourth-order valence-electron chi connectivity index (χ4n) is 3.46. The molecule has 0 radical (unpaired) electrons. The largest absolute Gasteiger partial charge is 0.392 e. The first-order chi connectivity index (χ1) is 7.86. The molecule has 0 saturated heterocycles. The maximum absolute atomic E-state index is 12.1. The molecule has 0 aromatic heterocycles. The average Bonchev–Trinajstić information content (AvgIpc) is 2.76. The van der Waals surface area contributed by atoms with Crippen LogP contribution in [0.25, 0.3) is 0 Å². The van der Waals surface area contributed by atoms with Gasteiger partial charge in [0.05, 0.1) is 6.10 Å². The van der Waals surface area contributed by atoms with Gasteiger partial charge < -0.3 is 10.4 Å². The number of aliphatic hydroxyl groups excluding tert-OH is 1. The van der Waals surface area contributed by atoms with E-state index in [1.54, 1.807) is 0 Å². The molecule has 2 aliphatic rings. The SMILES string of the molecule is CC(C)(C)C(=O)N[C@@H]1CCC[C@@]12CCC[C@H]2O. The molecule has 0 aromatic carbocycles. The topological polar surface area (TPSA) is 49.3 Å². The summed E-state index contributed by atoms with van der Waals surface area (Å²) in [5.41, 5.74) is -0.353. The van der Waals surface area contributed by atoms with Crippen molar-refractivity contribution in [1.29, 1.82) is 0 Å². The third-order valence-corrected chi connectivity index (χ3v) is 4.60. The van der Waals surface area contributed by atoms with Crippen LogP contribution < -0.4 is 5.32 Å². The summed E-state index contributed by atoms with van der Waals surface area (Å²) in [7, 11) is 0. The molecule has 0 unspecified atom stereocenters. The van der Waals surface area contributed by atoms with E-state index < -0.39 is 0 Å². The Morgan fingerprint density at radius 1 is 1.24 bits per heavy atom.